The maximum Gasteiger partial charge on any atom is 0.229 e. The Morgan fingerprint density at radius 2 is 2.33 bits per heavy atom. The van der Waals surface area contributed by atoms with Crippen LogP contribution in [0.5, 0.6) is 0 Å². The Morgan fingerprint density at radius 1 is 1.61 bits per heavy atom. The van der Waals surface area contributed by atoms with Crippen LogP contribution in [0.25, 0.3) is 0 Å². The first kappa shape index (κ1) is 13.2. The molecule has 1 saturated heterocycles. The topological polar surface area (TPSA) is 63.2 Å². The molecule has 2 rings (SSSR count). The number of amides is 1. The van der Waals surface area contributed by atoms with Gasteiger partial charge in [-0.05, 0) is 0 Å². The normalized spacial score (nSPS) is 19.4. The van der Waals surface area contributed by atoms with Crippen molar-refractivity contribution in [2.45, 2.75) is 18.6 Å². The molecule has 1 unspecified atom stereocenters. The van der Waals surface area contributed by atoms with Gasteiger partial charge in [-0.1, -0.05) is 23.4 Å². The summed E-state index contributed by atoms with van der Waals surface area (Å²) in [4.78, 5) is 31.2. The van der Waals surface area contributed by atoms with Gasteiger partial charge in [-0.25, -0.2) is 9.97 Å². The van der Waals surface area contributed by atoms with Crippen molar-refractivity contribution in [2.75, 3.05) is 11.4 Å². The molecular formula is C10H9ClFN3O2S. The summed E-state index contributed by atoms with van der Waals surface area (Å²) in [6.45, 7) is 1.67. The van der Waals surface area contributed by atoms with Crippen LogP contribution < -0.4 is 4.90 Å². The molecule has 1 aliphatic heterocycles. The zero-order chi connectivity index (χ0) is 13.3. The summed E-state index contributed by atoms with van der Waals surface area (Å²) in [6, 6.07) is 0. The summed E-state index contributed by atoms with van der Waals surface area (Å²) < 4.78 is 13.7. The van der Waals surface area contributed by atoms with E-state index in [2.05, 4.69) is 9.97 Å². The van der Waals surface area contributed by atoms with E-state index in [4.69, 9.17) is 11.6 Å². The van der Waals surface area contributed by atoms with Crippen molar-refractivity contribution in [1.82, 2.24) is 9.97 Å². The first-order valence-electron chi connectivity index (χ1n) is 5.12. The SMILES string of the molecule is CC(=O)SC1CC(=O)N(c2ncnc(Cl)c2F)C1. The van der Waals surface area contributed by atoms with Gasteiger partial charge in [0.2, 0.25) is 11.7 Å². The first-order valence-corrected chi connectivity index (χ1v) is 6.38. The van der Waals surface area contributed by atoms with Gasteiger partial charge in [-0.3, -0.25) is 14.5 Å². The summed E-state index contributed by atoms with van der Waals surface area (Å²) in [5.41, 5.74) is 0. The fourth-order valence-electron chi connectivity index (χ4n) is 1.72. The molecule has 1 atom stereocenters. The van der Waals surface area contributed by atoms with Crippen LogP contribution in [-0.4, -0.2) is 32.8 Å². The van der Waals surface area contributed by atoms with E-state index in [9.17, 15) is 14.0 Å². The monoisotopic (exact) mass is 289 g/mol. The first-order chi connectivity index (χ1) is 8.49. The standard InChI is InChI=1S/C10H9ClFN3O2S/c1-5(16)18-6-2-7(17)15(3-6)10-8(12)9(11)13-4-14-10/h4,6H,2-3H2,1H3. The van der Waals surface area contributed by atoms with Gasteiger partial charge < -0.3 is 0 Å². The molecular weight excluding hydrogens is 281 g/mol. The Kier molecular flexibility index (Phi) is 3.82. The lowest BCUT2D eigenvalue weighted by Crippen LogP contribution is -2.27. The van der Waals surface area contributed by atoms with Crippen molar-refractivity contribution in [2.24, 2.45) is 0 Å². The highest BCUT2D eigenvalue weighted by Crippen LogP contribution is 2.30. The second kappa shape index (κ2) is 5.19. The third kappa shape index (κ3) is 2.62. The van der Waals surface area contributed by atoms with Crippen LogP contribution in [0.4, 0.5) is 10.2 Å². The van der Waals surface area contributed by atoms with Crippen LogP contribution in [0.3, 0.4) is 0 Å². The van der Waals surface area contributed by atoms with Crippen LogP contribution in [0.2, 0.25) is 5.15 Å². The van der Waals surface area contributed by atoms with E-state index in [-0.39, 0.29) is 40.2 Å². The molecule has 8 heteroatoms. The number of rotatable bonds is 2. The number of carbonyl (C=O) groups is 2. The van der Waals surface area contributed by atoms with E-state index in [1.54, 1.807) is 0 Å². The smallest absolute Gasteiger partial charge is 0.229 e. The number of aromatic nitrogens is 2. The maximum atomic E-state index is 13.7. The van der Waals surface area contributed by atoms with E-state index >= 15 is 0 Å². The highest BCUT2D eigenvalue weighted by molar-refractivity contribution is 8.14. The van der Waals surface area contributed by atoms with Crippen LogP contribution in [0, 0.1) is 5.82 Å². The maximum absolute atomic E-state index is 13.7. The molecule has 1 amide bonds. The number of halogens is 2. The zero-order valence-corrected chi connectivity index (χ0v) is 11.0. The Morgan fingerprint density at radius 3 is 3.00 bits per heavy atom. The van der Waals surface area contributed by atoms with Crippen LogP contribution >= 0.6 is 23.4 Å². The van der Waals surface area contributed by atoms with Gasteiger partial charge >= 0.3 is 0 Å². The lowest BCUT2D eigenvalue weighted by molar-refractivity contribution is -0.117. The molecule has 0 spiro atoms. The molecule has 96 valence electrons. The number of nitrogens with zero attached hydrogens (tertiary/aromatic N) is 3. The van der Waals surface area contributed by atoms with Crippen molar-refractivity contribution in [3.05, 3.63) is 17.3 Å². The molecule has 1 aromatic rings. The summed E-state index contributed by atoms with van der Waals surface area (Å²) in [5.74, 6) is -1.23. The second-order valence-electron chi connectivity index (χ2n) is 3.74. The van der Waals surface area contributed by atoms with Crippen molar-refractivity contribution in [1.29, 1.82) is 0 Å². The molecule has 0 saturated carbocycles. The summed E-state index contributed by atoms with van der Waals surface area (Å²) >= 11 is 6.61. The van der Waals surface area contributed by atoms with E-state index < -0.39 is 5.82 Å². The molecule has 0 bridgehead atoms. The number of thioether (sulfide) groups is 1. The van der Waals surface area contributed by atoms with Crippen LogP contribution in [-0.2, 0) is 9.59 Å². The molecule has 2 heterocycles. The van der Waals surface area contributed by atoms with Gasteiger partial charge in [0.25, 0.3) is 0 Å². The number of hydrogen-bond donors (Lipinski definition) is 0. The molecule has 0 radical (unpaired) electrons. The molecule has 1 aliphatic rings. The number of anilines is 1. The summed E-state index contributed by atoms with van der Waals surface area (Å²) in [5, 5.41) is -0.575. The predicted molar refractivity (Wildman–Crippen MR) is 66.0 cm³/mol. The van der Waals surface area contributed by atoms with Crippen molar-refractivity contribution in [3.8, 4) is 0 Å². The average molecular weight is 290 g/mol. The highest BCUT2D eigenvalue weighted by atomic mass is 35.5. The summed E-state index contributed by atoms with van der Waals surface area (Å²) in [6.07, 6.45) is 1.28. The fraction of sp³-hybridized carbons (Fsp3) is 0.400. The van der Waals surface area contributed by atoms with Gasteiger partial charge in [-0.15, -0.1) is 0 Å². The molecule has 0 aromatic carbocycles. The Bertz CT molecular complexity index is 514. The van der Waals surface area contributed by atoms with Gasteiger partial charge in [0.15, 0.2) is 16.1 Å². The Labute approximate surface area is 112 Å². The molecule has 18 heavy (non-hydrogen) atoms. The quantitative estimate of drug-likeness (QED) is 0.775. The lowest BCUT2D eigenvalue weighted by Gasteiger charge is -2.15. The van der Waals surface area contributed by atoms with Gasteiger partial charge in [0, 0.05) is 25.1 Å². The summed E-state index contributed by atoms with van der Waals surface area (Å²) in [7, 11) is 0. The minimum Gasteiger partial charge on any atom is -0.293 e. The van der Waals surface area contributed by atoms with E-state index in [0.29, 0.717) is 0 Å². The number of hydrogen-bond acceptors (Lipinski definition) is 5. The number of carbonyl (C=O) groups excluding carboxylic acids is 2. The molecule has 0 aliphatic carbocycles. The molecule has 0 N–H and O–H groups in total. The highest BCUT2D eigenvalue weighted by Gasteiger charge is 2.34. The molecule has 1 aromatic heterocycles. The third-order valence-corrected chi connectivity index (χ3v) is 3.65. The lowest BCUT2D eigenvalue weighted by atomic mass is 10.4. The van der Waals surface area contributed by atoms with E-state index in [0.717, 1.165) is 18.1 Å². The Hall–Kier alpha value is -1.21. The fourth-order valence-corrected chi connectivity index (χ4v) is 2.77. The molecule has 1 fully saturated rings. The van der Waals surface area contributed by atoms with Crippen molar-refractivity contribution < 1.29 is 14.0 Å². The minimum atomic E-state index is -0.819. The molecule has 5 nitrogen and oxygen atoms in total. The largest absolute Gasteiger partial charge is 0.293 e. The van der Waals surface area contributed by atoms with Gasteiger partial charge in [0.1, 0.15) is 6.33 Å². The van der Waals surface area contributed by atoms with Crippen molar-refractivity contribution in [3.63, 3.8) is 0 Å². The van der Waals surface area contributed by atoms with E-state index in [1.807, 2.05) is 0 Å². The third-order valence-electron chi connectivity index (χ3n) is 2.41. The van der Waals surface area contributed by atoms with Crippen molar-refractivity contribution >= 4 is 40.2 Å². The Balaban J connectivity index is 2.22. The minimum absolute atomic E-state index is 0.0733. The predicted octanol–water partition coefficient (Wildman–Crippen LogP) is 1.65. The zero-order valence-electron chi connectivity index (χ0n) is 9.39. The van der Waals surface area contributed by atoms with Crippen LogP contribution in [0.1, 0.15) is 13.3 Å². The van der Waals surface area contributed by atoms with Gasteiger partial charge in [0.05, 0.1) is 0 Å². The van der Waals surface area contributed by atoms with Crippen LogP contribution in [0.15, 0.2) is 6.33 Å². The van der Waals surface area contributed by atoms with Gasteiger partial charge in [-0.2, -0.15) is 4.39 Å². The average Bonchev–Trinajstić information content (AvgIpc) is 2.62. The van der Waals surface area contributed by atoms with E-state index in [1.165, 1.54) is 11.8 Å². The second-order valence-corrected chi connectivity index (χ2v) is 5.58.